The van der Waals surface area contributed by atoms with Gasteiger partial charge in [-0.2, -0.15) is 0 Å². The molecule has 0 spiro atoms. The van der Waals surface area contributed by atoms with Gasteiger partial charge in [-0.05, 0) is 24.8 Å². The van der Waals surface area contributed by atoms with E-state index in [1.165, 1.54) is 0 Å². The molecule has 1 aliphatic rings. The zero-order valence-corrected chi connectivity index (χ0v) is 14.0. The Hall–Kier alpha value is -2.11. The molecule has 1 aromatic rings. The summed E-state index contributed by atoms with van der Waals surface area (Å²) in [5.41, 5.74) is 0.645. The molecule has 126 valence electrons. The minimum absolute atomic E-state index is 0.0239. The zero-order valence-electron chi connectivity index (χ0n) is 14.0. The molecule has 1 aromatic heterocycles. The van der Waals surface area contributed by atoms with Gasteiger partial charge in [0, 0.05) is 26.1 Å². The van der Waals surface area contributed by atoms with Crippen LogP contribution in [0.2, 0.25) is 0 Å². The van der Waals surface area contributed by atoms with Crippen LogP contribution in [0.15, 0.2) is 18.3 Å². The molecule has 1 unspecified atom stereocenters. The van der Waals surface area contributed by atoms with Crippen LogP contribution in [0.5, 0.6) is 5.88 Å². The van der Waals surface area contributed by atoms with Crippen molar-refractivity contribution < 1.29 is 14.3 Å². The second-order valence-corrected chi connectivity index (χ2v) is 6.38. The number of pyridine rings is 1. The van der Waals surface area contributed by atoms with Crippen molar-refractivity contribution in [2.45, 2.75) is 33.6 Å². The fourth-order valence-electron chi connectivity index (χ4n) is 2.51. The average molecular weight is 319 g/mol. The number of ether oxygens (including phenoxy) is 1. The van der Waals surface area contributed by atoms with Gasteiger partial charge in [-0.15, -0.1) is 0 Å². The maximum Gasteiger partial charge on any atom is 0.229 e. The van der Waals surface area contributed by atoms with Crippen LogP contribution in [0.1, 0.15) is 33.6 Å². The van der Waals surface area contributed by atoms with Crippen LogP contribution in [0.25, 0.3) is 0 Å². The van der Waals surface area contributed by atoms with Gasteiger partial charge in [0.15, 0.2) is 0 Å². The summed E-state index contributed by atoms with van der Waals surface area (Å²) in [6.45, 7) is 7.53. The minimum atomic E-state index is -0.162. The standard InChI is InChI=1S/C17H25N3O3/c1-12(2)11-23-16-7-6-15(9-18-16)19-17(22)14-5-4-8-20(10-14)13(3)21/h6-7,9,12,14H,4-5,8,10-11H2,1-3H3,(H,19,22). The number of piperidine rings is 1. The quantitative estimate of drug-likeness (QED) is 0.904. The van der Waals surface area contributed by atoms with Crippen molar-refractivity contribution in [3.05, 3.63) is 18.3 Å². The Morgan fingerprint density at radius 2 is 2.22 bits per heavy atom. The monoisotopic (exact) mass is 319 g/mol. The second kappa shape index (κ2) is 7.94. The highest BCUT2D eigenvalue weighted by molar-refractivity contribution is 5.93. The van der Waals surface area contributed by atoms with Gasteiger partial charge < -0.3 is 15.0 Å². The number of rotatable bonds is 5. The average Bonchev–Trinajstić information content (AvgIpc) is 2.54. The summed E-state index contributed by atoms with van der Waals surface area (Å²) in [5.74, 6) is 0.790. The molecule has 2 amide bonds. The molecule has 0 radical (unpaired) electrons. The third-order valence-corrected chi connectivity index (χ3v) is 3.81. The Morgan fingerprint density at radius 3 is 2.83 bits per heavy atom. The summed E-state index contributed by atoms with van der Waals surface area (Å²) in [6.07, 6.45) is 3.26. The van der Waals surface area contributed by atoms with E-state index < -0.39 is 0 Å². The van der Waals surface area contributed by atoms with Gasteiger partial charge >= 0.3 is 0 Å². The first-order chi connectivity index (χ1) is 11.0. The molecule has 1 fully saturated rings. The summed E-state index contributed by atoms with van der Waals surface area (Å²) >= 11 is 0. The minimum Gasteiger partial charge on any atom is -0.477 e. The van der Waals surface area contributed by atoms with Gasteiger partial charge in [0.1, 0.15) is 0 Å². The van der Waals surface area contributed by atoms with Crippen LogP contribution >= 0.6 is 0 Å². The van der Waals surface area contributed by atoms with Crippen molar-refractivity contribution >= 4 is 17.5 Å². The lowest BCUT2D eigenvalue weighted by Gasteiger charge is -2.31. The number of anilines is 1. The number of carbonyl (C=O) groups excluding carboxylic acids is 2. The highest BCUT2D eigenvalue weighted by atomic mass is 16.5. The molecule has 6 heteroatoms. The number of likely N-dealkylation sites (tertiary alicyclic amines) is 1. The topological polar surface area (TPSA) is 71.5 Å². The van der Waals surface area contributed by atoms with E-state index in [-0.39, 0.29) is 17.7 Å². The Labute approximate surface area is 137 Å². The van der Waals surface area contributed by atoms with E-state index in [1.807, 2.05) is 0 Å². The maximum absolute atomic E-state index is 12.3. The number of hydrogen-bond acceptors (Lipinski definition) is 4. The predicted octanol–water partition coefficient (Wildman–Crippen LogP) is 2.31. The van der Waals surface area contributed by atoms with Crippen LogP contribution < -0.4 is 10.1 Å². The molecular weight excluding hydrogens is 294 g/mol. The SMILES string of the molecule is CC(=O)N1CCCC(C(=O)Nc2ccc(OCC(C)C)nc2)C1. The molecular formula is C17H25N3O3. The van der Waals surface area contributed by atoms with Gasteiger partial charge in [0.2, 0.25) is 17.7 Å². The van der Waals surface area contributed by atoms with E-state index in [0.29, 0.717) is 30.6 Å². The first-order valence-corrected chi connectivity index (χ1v) is 8.11. The number of hydrogen-bond donors (Lipinski definition) is 1. The van der Waals surface area contributed by atoms with E-state index >= 15 is 0 Å². The van der Waals surface area contributed by atoms with Crippen molar-refractivity contribution in [3.8, 4) is 5.88 Å². The van der Waals surface area contributed by atoms with Gasteiger partial charge in [-0.3, -0.25) is 9.59 Å². The highest BCUT2D eigenvalue weighted by Gasteiger charge is 2.27. The zero-order chi connectivity index (χ0) is 16.8. The smallest absolute Gasteiger partial charge is 0.229 e. The maximum atomic E-state index is 12.3. The largest absolute Gasteiger partial charge is 0.477 e. The summed E-state index contributed by atoms with van der Waals surface area (Å²) in [5, 5.41) is 2.87. The van der Waals surface area contributed by atoms with Crippen molar-refractivity contribution in [1.29, 1.82) is 0 Å². The van der Waals surface area contributed by atoms with Gasteiger partial charge in [-0.25, -0.2) is 4.98 Å². The third-order valence-electron chi connectivity index (χ3n) is 3.81. The molecule has 2 heterocycles. The Balaban J connectivity index is 1.88. The normalized spacial score (nSPS) is 17.9. The van der Waals surface area contributed by atoms with Gasteiger partial charge in [-0.1, -0.05) is 13.8 Å². The molecule has 1 aliphatic heterocycles. The van der Waals surface area contributed by atoms with E-state index in [2.05, 4.69) is 24.1 Å². The molecule has 0 bridgehead atoms. The van der Waals surface area contributed by atoms with E-state index in [0.717, 1.165) is 19.4 Å². The summed E-state index contributed by atoms with van der Waals surface area (Å²) in [7, 11) is 0. The van der Waals surface area contributed by atoms with Crippen molar-refractivity contribution in [2.24, 2.45) is 11.8 Å². The number of amides is 2. The molecule has 6 nitrogen and oxygen atoms in total. The lowest BCUT2D eigenvalue weighted by Crippen LogP contribution is -2.42. The van der Waals surface area contributed by atoms with E-state index in [1.54, 1.807) is 30.2 Å². The van der Waals surface area contributed by atoms with Crippen LogP contribution in [-0.4, -0.2) is 41.4 Å². The molecule has 0 saturated carbocycles. The second-order valence-electron chi connectivity index (χ2n) is 6.38. The number of aromatic nitrogens is 1. The number of nitrogens with one attached hydrogen (secondary N) is 1. The first kappa shape index (κ1) is 17.2. The molecule has 0 aromatic carbocycles. The van der Waals surface area contributed by atoms with Crippen LogP contribution in [0.3, 0.4) is 0 Å². The fourth-order valence-corrected chi connectivity index (χ4v) is 2.51. The van der Waals surface area contributed by atoms with Crippen molar-refractivity contribution in [2.75, 3.05) is 25.0 Å². The lowest BCUT2D eigenvalue weighted by molar-refractivity contribution is -0.132. The third kappa shape index (κ3) is 5.23. The van der Waals surface area contributed by atoms with Crippen LogP contribution in [0, 0.1) is 11.8 Å². The Bertz CT molecular complexity index is 543. The number of carbonyl (C=O) groups is 2. The van der Waals surface area contributed by atoms with Crippen LogP contribution in [0.4, 0.5) is 5.69 Å². The first-order valence-electron chi connectivity index (χ1n) is 8.11. The van der Waals surface area contributed by atoms with Crippen molar-refractivity contribution in [1.82, 2.24) is 9.88 Å². The molecule has 23 heavy (non-hydrogen) atoms. The molecule has 2 rings (SSSR count). The number of nitrogens with zero attached hydrogens (tertiary/aromatic N) is 2. The summed E-state index contributed by atoms with van der Waals surface area (Å²) in [6, 6.07) is 3.53. The van der Waals surface area contributed by atoms with E-state index in [9.17, 15) is 9.59 Å². The van der Waals surface area contributed by atoms with E-state index in [4.69, 9.17) is 4.74 Å². The summed E-state index contributed by atoms with van der Waals surface area (Å²) in [4.78, 5) is 29.7. The molecule has 1 atom stereocenters. The van der Waals surface area contributed by atoms with Gasteiger partial charge in [0.25, 0.3) is 0 Å². The van der Waals surface area contributed by atoms with Crippen molar-refractivity contribution in [3.63, 3.8) is 0 Å². The van der Waals surface area contributed by atoms with Gasteiger partial charge in [0.05, 0.1) is 24.4 Å². The Morgan fingerprint density at radius 1 is 1.43 bits per heavy atom. The highest BCUT2D eigenvalue weighted by Crippen LogP contribution is 2.19. The molecule has 0 aliphatic carbocycles. The summed E-state index contributed by atoms with van der Waals surface area (Å²) < 4.78 is 5.52. The fraction of sp³-hybridized carbons (Fsp3) is 0.588. The Kier molecular flexibility index (Phi) is 5.96. The molecule has 1 N–H and O–H groups in total. The molecule has 1 saturated heterocycles. The lowest BCUT2D eigenvalue weighted by atomic mass is 9.97. The van der Waals surface area contributed by atoms with Crippen LogP contribution in [-0.2, 0) is 9.59 Å². The predicted molar refractivity (Wildman–Crippen MR) is 88.2 cm³/mol.